The largest absolute Gasteiger partial charge is 0.495 e. The fourth-order valence-corrected chi connectivity index (χ4v) is 3.71. The number of ether oxygens (including phenoxy) is 2. The molecule has 3 rings (SSSR count). The zero-order valence-corrected chi connectivity index (χ0v) is 15.5. The molecule has 25 heavy (non-hydrogen) atoms. The first-order chi connectivity index (χ1) is 12.1. The zero-order valence-electron chi connectivity index (χ0n) is 15.5. The second-order valence-corrected chi connectivity index (χ2v) is 6.99. The van der Waals surface area contributed by atoms with Crippen LogP contribution in [0.1, 0.15) is 13.8 Å². The molecule has 6 nitrogen and oxygen atoms in total. The van der Waals surface area contributed by atoms with E-state index in [4.69, 9.17) is 9.47 Å². The molecule has 0 unspecified atom stereocenters. The Kier molecular flexibility index (Phi) is 5.81. The molecule has 2 saturated heterocycles. The van der Waals surface area contributed by atoms with Crippen molar-refractivity contribution in [1.29, 1.82) is 0 Å². The number of hydrogen-bond acceptors (Lipinski definition) is 5. The third kappa shape index (κ3) is 4.44. The number of carbonyl (C=O) groups is 1. The van der Waals surface area contributed by atoms with Gasteiger partial charge in [-0.3, -0.25) is 9.69 Å². The molecule has 2 fully saturated rings. The van der Waals surface area contributed by atoms with Gasteiger partial charge in [-0.1, -0.05) is 12.1 Å². The van der Waals surface area contributed by atoms with Gasteiger partial charge < -0.3 is 19.3 Å². The van der Waals surface area contributed by atoms with Gasteiger partial charge in [-0.2, -0.15) is 0 Å². The molecule has 0 saturated carbocycles. The SMILES string of the molecule is COc1ccccc1N1CCN(CC(=O)N2C[C@@H](C)O[C@@H](C)C2)CC1. The number of amides is 1. The van der Waals surface area contributed by atoms with E-state index in [9.17, 15) is 4.79 Å². The van der Waals surface area contributed by atoms with E-state index in [0.717, 1.165) is 37.6 Å². The van der Waals surface area contributed by atoms with Crippen molar-refractivity contribution in [3.05, 3.63) is 24.3 Å². The van der Waals surface area contributed by atoms with Gasteiger partial charge in [-0.05, 0) is 26.0 Å². The standard InChI is InChI=1S/C19H29N3O3/c1-15-12-22(13-16(2)25-15)19(23)14-20-8-10-21(11-9-20)17-6-4-5-7-18(17)24-3/h4-7,15-16H,8-14H2,1-3H3/t15-,16+. The van der Waals surface area contributed by atoms with E-state index in [0.29, 0.717) is 19.6 Å². The number of para-hydroxylation sites is 2. The molecule has 0 N–H and O–H groups in total. The number of carbonyl (C=O) groups excluding carboxylic acids is 1. The van der Waals surface area contributed by atoms with Crippen molar-refractivity contribution >= 4 is 11.6 Å². The smallest absolute Gasteiger partial charge is 0.236 e. The molecule has 2 atom stereocenters. The lowest BCUT2D eigenvalue weighted by molar-refractivity contribution is -0.144. The molecule has 138 valence electrons. The number of hydrogen-bond donors (Lipinski definition) is 0. The van der Waals surface area contributed by atoms with Crippen LogP contribution in [0.25, 0.3) is 0 Å². The first kappa shape index (κ1) is 18.0. The number of methoxy groups -OCH3 is 1. The van der Waals surface area contributed by atoms with Crippen LogP contribution in [-0.4, -0.2) is 80.8 Å². The van der Waals surface area contributed by atoms with E-state index in [1.54, 1.807) is 7.11 Å². The zero-order chi connectivity index (χ0) is 17.8. The van der Waals surface area contributed by atoms with E-state index >= 15 is 0 Å². The van der Waals surface area contributed by atoms with Crippen LogP contribution in [-0.2, 0) is 9.53 Å². The van der Waals surface area contributed by atoms with Gasteiger partial charge in [0, 0.05) is 39.3 Å². The lowest BCUT2D eigenvalue weighted by atomic mass is 10.2. The Morgan fingerprint density at radius 3 is 2.40 bits per heavy atom. The number of morpholine rings is 1. The molecule has 0 radical (unpaired) electrons. The summed E-state index contributed by atoms with van der Waals surface area (Å²) in [5.41, 5.74) is 1.13. The number of anilines is 1. The summed E-state index contributed by atoms with van der Waals surface area (Å²) < 4.78 is 11.2. The number of nitrogens with zero attached hydrogens (tertiary/aromatic N) is 3. The predicted molar refractivity (Wildman–Crippen MR) is 98.2 cm³/mol. The molecule has 0 aliphatic carbocycles. The molecule has 2 aliphatic rings. The van der Waals surface area contributed by atoms with E-state index < -0.39 is 0 Å². The second-order valence-electron chi connectivity index (χ2n) is 6.99. The summed E-state index contributed by atoms with van der Waals surface area (Å²) in [6, 6.07) is 8.11. The highest BCUT2D eigenvalue weighted by atomic mass is 16.5. The summed E-state index contributed by atoms with van der Waals surface area (Å²) in [5, 5.41) is 0. The summed E-state index contributed by atoms with van der Waals surface area (Å²) in [6.45, 7) is 9.55. The van der Waals surface area contributed by atoms with Gasteiger partial charge in [0.05, 0.1) is 31.5 Å². The van der Waals surface area contributed by atoms with Crippen LogP contribution in [0, 0.1) is 0 Å². The Bertz CT molecular complexity index is 577. The molecular weight excluding hydrogens is 318 g/mol. The average Bonchev–Trinajstić information content (AvgIpc) is 2.61. The second kappa shape index (κ2) is 8.06. The monoisotopic (exact) mass is 347 g/mol. The summed E-state index contributed by atoms with van der Waals surface area (Å²) in [5.74, 6) is 1.12. The molecule has 1 amide bonds. The normalized spacial score (nSPS) is 25.1. The fraction of sp³-hybridized carbons (Fsp3) is 0.632. The lowest BCUT2D eigenvalue weighted by Gasteiger charge is -2.39. The third-order valence-corrected chi connectivity index (χ3v) is 4.93. The Hall–Kier alpha value is -1.79. The average molecular weight is 347 g/mol. The van der Waals surface area contributed by atoms with Crippen LogP contribution >= 0.6 is 0 Å². The predicted octanol–water partition coefficient (Wildman–Crippen LogP) is 1.45. The van der Waals surface area contributed by atoms with Crippen LogP contribution in [0.4, 0.5) is 5.69 Å². The van der Waals surface area contributed by atoms with Crippen molar-refractivity contribution in [3.63, 3.8) is 0 Å². The van der Waals surface area contributed by atoms with Crippen molar-refractivity contribution in [2.24, 2.45) is 0 Å². The summed E-state index contributed by atoms with van der Waals surface area (Å²) in [4.78, 5) is 19.1. The molecule has 2 aliphatic heterocycles. The molecule has 0 bridgehead atoms. The summed E-state index contributed by atoms with van der Waals surface area (Å²) in [6.07, 6.45) is 0.241. The van der Waals surface area contributed by atoms with E-state index in [2.05, 4.69) is 15.9 Å². The van der Waals surface area contributed by atoms with E-state index in [1.165, 1.54) is 0 Å². The molecular formula is C19H29N3O3. The van der Waals surface area contributed by atoms with Crippen LogP contribution in [0.3, 0.4) is 0 Å². The van der Waals surface area contributed by atoms with Gasteiger partial charge in [0.15, 0.2) is 0 Å². The minimum Gasteiger partial charge on any atom is -0.495 e. The summed E-state index contributed by atoms with van der Waals surface area (Å²) in [7, 11) is 1.71. The van der Waals surface area contributed by atoms with Crippen molar-refractivity contribution < 1.29 is 14.3 Å². The highest BCUT2D eigenvalue weighted by molar-refractivity contribution is 5.78. The Morgan fingerprint density at radius 2 is 1.76 bits per heavy atom. The van der Waals surface area contributed by atoms with E-state index in [-0.39, 0.29) is 18.1 Å². The molecule has 0 spiro atoms. The first-order valence-corrected chi connectivity index (χ1v) is 9.10. The van der Waals surface area contributed by atoms with Gasteiger partial charge in [0.25, 0.3) is 0 Å². The maximum atomic E-state index is 12.6. The van der Waals surface area contributed by atoms with Crippen LogP contribution in [0.15, 0.2) is 24.3 Å². The van der Waals surface area contributed by atoms with Crippen LogP contribution < -0.4 is 9.64 Å². The van der Waals surface area contributed by atoms with Gasteiger partial charge in [0.2, 0.25) is 5.91 Å². The van der Waals surface area contributed by atoms with Gasteiger partial charge in [-0.25, -0.2) is 0 Å². The molecule has 1 aromatic carbocycles. The minimum atomic E-state index is 0.120. The number of benzene rings is 1. The molecule has 1 aromatic rings. The van der Waals surface area contributed by atoms with Gasteiger partial charge >= 0.3 is 0 Å². The Morgan fingerprint density at radius 1 is 1.12 bits per heavy atom. The van der Waals surface area contributed by atoms with Gasteiger partial charge in [0.1, 0.15) is 5.75 Å². The molecule has 6 heteroatoms. The molecule has 2 heterocycles. The maximum absolute atomic E-state index is 12.6. The first-order valence-electron chi connectivity index (χ1n) is 9.10. The van der Waals surface area contributed by atoms with Crippen molar-refractivity contribution in [2.75, 3.05) is 57.8 Å². The highest BCUT2D eigenvalue weighted by Crippen LogP contribution is 2.28. The van der Waals surface area contributed by atoms with Crippen molar-refractivity contribution in [3.8, 4) is 5.75 Å². The van der Waals surface area contributed by atoms with E-state index in [1.807, 2.05) is 36.9 Å². The number of rotatable bonds is 4. The van der Waals surface area contributed by atoms with Crippen LogP contribution in [0.2, 0.25) is 0 Å². The number of piperazine rings is 1. The quantitative estimate of drug-likeness (QED) is 0.825. The van der Waals surface area contributed by atoms with Crippen LogP contribution in [0.5, 0.6) is 5.75 Å². The molecule has 0 aromatic heterocycles. The maximum Gasteiger partial charge on any atom is 0.236 e. The summed E-state index contributed by atoms with van der Waals surface area (Å²) >= 11 is 0. The Balaban J connectivity index is 1.51. The minimum absolute atomic E-state index is 0.120. The fourth-order valence-electron chi connectivity index (χ4n) is 3.71. The highest BCUT2D eigenvalue weighted by Gasteiger charge is 2.28. The third-order valence-electron chi connectivity index (χ3n) is 4.93. The lowest BCUT2D eigenvalue weighted by Crippen LogP contribution is -2.54. The topological polar surface area (TPSA) is 45.2 Å². The van der Waals surface area contributed by atoms with Crippen molar-refractivity contribution in [1.82, 2.24) is 9.80 Å². The Labute approximate surface area is 150 Å². The van der Waals surface area contributed by atoms with Gasteiger partial charge in [-0.15, -0.1) is 0 Å². The van der Waals surface area contributed by atoms with Crippen molar-refractivity contribution in [2.45, 2.75) is 26.1 Å².